The van der Waals surface area contributed by atoms with Crippen molar-refractivity contribution < 1.29 is 4.74 Å². The molecule has 1 N–H and O–H groups in total. The van der Waals surface area contributed by atoms with Crippen molar-refractivity contribution in [3.63, 3.8) is 0 Å². The van der Waals surface area contributed by atoms with Crippen molar-refractivity contribution in [3.05, 3.63) is 41.9 Å². The monoisotopic (exact) mass is 313 g/mol. The Hall–Kier alpha value is -2.21. The molecule has 0 spiro atoms. The van der Waals surface area contributed by atoms with E-state index in [2.05, 4.69) is 32.4 Å². The first kappa shape index (κ1) is 15.7. The van der Waals surface area contributed by atoms with E-state index in [1.807, 2.05) is 44.4 Å². The molecule has 0 aromatic carbocycles. The van der Waals surface area contributed by atoms with E-state index in [9.17, 15) is 0 Å². The fourth-order valence-corrected chi connectivity index (χ4v) is 2.80. The number of pyridine rings is 1. The average Bonchev–Trinajstić information content (AvgIpc) is 2.94. The largest absolute Gasteiger partial charge is 0.379 e. The molecule has 3 heterocycles. The van der Waals surface area contributed by atoms with Crippen LogP contribution in [-0.4, -0.2) is 48.3 Å². The van der Waals surface area contributed by atoms with Gasteiger partial charge in [-0.2, -0.15) is 4.98 Å². The summed E-state index contributed by atoms with van der Waals surface area (Å²) in [6.45, 7) is 3.46. The number of hydrogen-bond donors (Lipinski definition) is 1. The van der Waals surface area contributed by atoms with Crippen LogP contribution < -0.4 is 10.2 Å². The maximum atomic E-state index is 5.69. The predicted molar refractivity (Wildman–Crippen MR) is 90.8 cm³/mol. The number of anilines is 2. The van der Waals surface area contributed by atoms with Gasteiger partial charge in [0.25, 0.3) is 0 Å². The molecule has 6 heteroatoms. The molecule has 1 fully saturated rings. The lowest BCUT2D eigenvalue weighted by molar-refractivity contribution is 0.185. The van der Waals surface area contributed by atoms with Gasteiger partial charge in [-0.1, -0.05) is 0 Å². The van der Waals surface area contributed by atoms with Crippen LogP contribution in [0.4, 0.5) is 11.8 Å². The van der Waals surface area contributed by atoms with Crippen molar-refractivity contribution >= 4 is 11.8 Å². The summed E-state index contributed by atoms with van der Waals surface area (Å²) in [6, 6.07) is 6.37. The molecule has 23 heavy (non-hydrogen) atoms. The maximum Gasteiger partial charge on any atom is 0.226 e. The Morgan fingerprint density at radius 3 is 2.74 bits per heavy atom. The lowest BCUT2D eigenvalue weighted by Gasteiger charge is -2.21. The Labute approximate surface area is 136 Å². The molecular weight excluding hydrogens is 290 g/mol. The highest BCUT2D eigenvalue weighted by Crippen LogP contribution is 2.23. The third kappa shape index (κ3) is 3.96. The first-order valence-electron chi connectivity index (χ1n) is 7.88. The van der Waals surface area contributed by atoms with Gasteiger partial charge in [0.15, 0.2) is 0 Å². The molecule has 1 aliphatic rings. The van der Waals surface area contributed by atoms with Crippen LogP contribution in [0.2, 0.25) is 0 Å². The Balaban J connectivity index is 1.71. The topological polar surface area (TPSA) is 63.2 Å². The minimum atomic E-state index is 0.257. The summed E-state index contributed by atoms with van der Waals surface area (Å²) >= 11 is 0. The van der Waals surface area contributed by atoms with Gasteiger partial charge in [0.2, 0.25) is 5.95 Å². The van der Waals surface area contributed by atoms with Gasteiger partial charge in [-0.25, -0.2) is 4.98 Å². The molecule has 0 amide bonds. The van der Waals surface area contributed by atoms with Gasteiger partial charge in [-0.3, -0.25) is 4.98 Å². The van der Waals surface area contributed by atoms with Gasteiger partial charge >= 0.3 is 0 Å². The zero-order chi connectivity index (χ0) is 16.2. The minimum Gasteiger partial charge on any atom is -0.379 e. The molecule has 0 saturated carbocycles. The summed E-state index contributed by atoms with van der Waals surface area (Å²) < 4.78 is 5.69. The third-order valence-corrected chi connectivity index (χ3v) is 4.02. The molecule has 0 unspecified atom stereocenters. The van der Waals surface area contributed by atoms with Crippen LogP contribution in [0.25, 0.3) is 0 Å². The van der Waals surface area contributed by atoms with Gasteiger partial charge in [-0.15, -0.1) is 0 Å². The molecule has 1 saturated heterocycles. The summed E-state index contributed by atoms with van der Waals surface area (Å²) in [6.07, 6.45) is 4.65. The van der Waals surface area contributed by atoms with Crippen LogP contribution in [0, 0.1) is 12.8 Å². The fourth-order valence-electron chi connectivity index (χ4n) is 2.80. The summed E-state index contributed by atoms with van der Waals surface area (Å²) in [5.41, 5.74) is 2.24. The number of hydrogen-bond acceptors (Lipinski definition) is 6. The van der Waals surface area contributed by atoms with E-state index >= 15 is 0 Å². The van der Waals surface area contributed by atoms with E-state index in [-0.39, 0.29) is 6.04 Å². The van der Waals surface area contributed by atoms with E-state index in [0.717, 1.165) is 30.5 Å². The van der Waals surface area contributed by atoms with Crippen molar-refractivity contribution in [3.8, 4) is 0 Å². The maximum absolute atomic E-state index is 5.69. The lowest BCUT2D eigenvalue weighted by Crippen LogP contribution is -2.30. The van der Waals surface area contributed by atoms with Crippen LogP contribution in [0.15, 0.2) is 30.6 Å². The van der Waals surface area contributed by atoms with Crippen LogP contribution >= 0.6 is 0 Å². The van der Waals surface area contributed by atoms with Crippen LogP contribution in [0.3, 0.4) is 0 Å². The molecule has 6 nitrogen and oxygen atoms in total. The van der Waals surface area contributed by atoms with Gasteiger partial charge < -0.3 is 15.0 Å². The average molecular weight is 313 g/mol. The highest BCUT2D eigenvalue weighted by molar-refractivity contribution is 5.44. The summed E-state index contributed by atoms with van der Waals surface area (Å²) in [5, 5.41) is 3.53. The molecule has 0 radical (unpaired) electrons. The van der Waals surface area contributed by atoms with E-state index < -0.39 is 0 Å². The summed E-state index contributed by atoms with van der Waals surface area (Å²) in [5.74, 6) is 2.00. The fraction of sp³-hybridized carbons (Fsp3) is 0.471. The quantitative estimate of drug-likeness (QED) is 0.910. The second kappa shape index (κ2) is 6.91. The normalized spacial score (nSPS) is 20.5. The van der Waals surface area contributed by atoms with E-state index in [1.165, 1.54) is 5.56 Å². The molecule has 2 atom stereocenters. The zero-order valence-electron chi connectivity index (χ0n) is 13.9. The van der Waals surface area contributed by atoms with E-state index in [1.54, 1.807) is 0 Å². The van der Waals surface area contributed by atoms with Crippen LogP contribution in [0.1, 0.15) is 11.3 Å². The molecule has 3 rings (SSSR count). The minimum absolute atomic E-state index is 0.257. The molecule has 0 bridgehead atoms. The van der Waals surface area contributed by atoms with Crippen molar-refractivity contribution in [2.75, 3.05) is 37.5 Å². The zero-order valence-corrected chi connectivity index (χ0v) is 13.9. The third-order valence-electron chi connectivity index (χ3n) is 4.02. The number of aromatic nitrogens is 3. The molecule has 2 aromatic heterocycles. The van der Waals surface area contributed by atoms with E-state index in [0.29, 0.717) is 12.5 Å². The SMILES string of the molecule is Cc1cc(N[C@H]2COC[C@H]2Cc2ccncc2)nc(N(C)C)n1. The van der Waals surface area contributed by atoms with Crippen molar-refractivity contribution in [2.24, 2.45) is 5.92 Å². The molecule has 122 valence electrons. The second-order valence-electron chi connectivity index (χ2n) is 6.20. The highest BCUT2D eigenvalue weighted by atomic mass is 16.5. The standard InChI is InChI=1S/C17H23N5O/c1-12-8-16(21-17(19-12)22(2)3)20-15-11-23-10-14(15)9-13-4-6-18-7-5-13/h4-8,14-15H,9-11H2,1-3H3,(H,19,20,21)/t14-,15+/m1/s1. The first-order chi connectivity index (χ1) is 11.1. The van der Waals surface area contributed by atoms with Crippen molar-refractivity contribution in [1.82, 2.24) is 15.0 Å². The van der Waals surface area contributed by atoms with Gasteiger partial charge in [0.05, 0.1) is 19.3 Å². The molecular formula is C17H23N5O. The van der Waals surface area contributed by atoms with Crippen molar-refractivity contribution in [1.29, 1.82) is 0 Å². The molecule has 2 aromatic rings. The van der Waals surface area contributed by atoms with Crippen molar-refractivity contribution in [2.45, 2.75) is 19.4 Å². The van der Waals surface area contributed by atoms with Crippen LogP contribution in [0.5, 0.6) is 0 Å². The Morgan fingerprint density at radius 1 is 1.22 bits per heavy atom. The number of ether oxygens (including phenoxy) is 1. The van der Waals surface area contributed by atoms with Gasteiger partial charge in [0, 0.05) is 44.2 Å². The Bertz CT molecular complexity index is 647. The Kier molecular flexibility index (Phi) is 4.71. The molecule has 0 aliphatic carbocycles. The van der Waals surface area contributed by atoms with Gasteiger partial charge in [-0.05, 0) is 31.0 Å². The predicted octanol–water partition coefficient (Wildman–Crippen LogP) is 1.92. The summed E-state index contributed by atoms with van der Waals surface area (Å²) in [7, 11) is 3.90. The Morgan fingerprint density at radius 2 is 2.00 bits per heavy atom. The lowest BCUT2D eigenvalue weighted by atomic mass is 9.95. The van der Waals surface area contributed by atoms with Crippen LogP contribution in [-0.2, 0) is 11.2 Å². The smallest absolute Gasteiger partial charge is 0.226 e. The first-order valence-corrected chi connectivity index (χ1v) is 7.88. The number of rotatable bonds is 5. The summed E-state index contributed by atoms with van der Waals surface area (Å²) in [4.78, 5) is 15.0. The molecule has 1 aliphatic heterocycles. The number of nitrogens with one attached hydrogen (secondary N) is 1. The number of aryl methyl sites for hydroxylation is 1. The number of nitrogens with zero attached hydrogens (tertiary/aromatic N) is 4. The van der Waals surface area contributed by atoms with Gasteiger partial charge in [0.1, 0.15) is 5.82 Å². The second-order valence-corrected chi connectivity index (χ2v) is 6.20. The highest BCUT2D eigenvalue weighted by Gasteiger charge is 2.28. The van der Waals surface area contributed by atoms with E-state index in [4.69, 9.17) is 4.74 Å².